The van der Waals surface area contributed by atoms with Gasteiger partial charge in [-0.1, -0.05) is 39.0 Å². The van der Waals surface area contributed by atoms with Crippen LogP contribution in [0, 0.1) is 11.8 Å². The summed E-state index contributed by atoms with van der Waals surface area (Å²) in [5.74, 6) is 1.49. The molecule has 0 aliphatic carbocycles. The van der Waals surface area contributed by atoms with Crippen molar-refractivity contribution in [3.8, 4) is 0 Å². The lowest BCUT2D eigenvalue weighted by Crippen LogP contribution is -2.27. The quantitative estimate of drug-likeness (QED) is 0.668. The third-order valence-corrected chi connectivity index (χ3v) is 4.22. The number of nitrogens with zero attached hydrogens (tertiary/aromatic N) is 2. The second kappa shape index (κ2) is 7.63. The molecule has 0 amide bonds. The minimum absolute atomic E-state index is 0.108. The van der Waals surface area contributed by atoms with E-state index in [0.717, 1.165) is 35.9 Å². The van der Waals surface area contributed by atoms with Crippen molar-refractivity contribution in [2.24, 2.45) is 11.8 Å². The highest BCUT2D eigenvalue weighted by Crippen LogP contribution is 2.24. The summed E-state index contributed by atoms with van der Waals surface area (Å²) in [5.41, 5.74) is 0. The number of anilines is 1. The average Bonchev–Trinajstić information content (AvgIpc) is 2.77. The van der Waals surface area contributed by atoms with Gasteiger partial charge < -0.3 is 4.90 Å². The molecule has 4 heteroatoms. The molecule has 1 rings (SSSR count). The van der Waals surface area contributed by atoms with E-state index in [4.69, 9.17) is 0 Å². The van der Waals surface area contributed by atoms with Gasteiger partial charge in [-0.25, -0.2) is 4.98 Å². The Morgan fingerprint density at radius 1 is 1.21 bits per heavy atom. The Hall–Kier alpha value is -0.900. The van der Waals surface area contributed by atoms with Crippen LogP contribution in [0.2, 0.25) is 0 Å². The molecule has 0 bridgehead atoms. The van der Waals surface area contributed by atoms with Crippen molar-refractivity contribution in [1.29, 1.82) is 0 Å². The smallest absolute Gasteiger partial charge is 0.185 e. The van der Waals surface area contributed by atoms with E-state index in [-0.39, 0.29) is 5.78 Å². The summed E-state index contributed by atoms with van der Waals surface area (Å²) >= 11 is 1.52. The molecule has 1 heterocycles. The molecule has 0 aliphatic heterocycles. The number of carbonyl (C=O) groups excluding carboxylic acids is 1. The fourth-order valence-corrected chi connectivity index (χ4v) is 2.57. The fourth-order valence-electron chi connectivity index (χ4n) is 1.71. The summed E-state index contributed by atoms with van der Waals surface area (Å²) in [5, 5.41) is 0.992. The van der Waals surface area contributed by atoms with Gasteiger partial charge in [0.2, 0.25) is 0 Å². The van der Waals surface area contributed by atoms with Crippen LogP contribution >= 0.6 is 11.3 Å². The zero-order chi connectivity index (χ0) is 14.4. The first-order chi connectivity index (χ1) is 8.90. The van der Waals surface area contributed by atoms with Gasteiger partial charge in [-0.2, -0.15) is 0 Å². The van der Waals surface area contributed by atoms with Crippen molar-refractivity contribution in [2.75, 3.05) is 18.0 Å². The van der Waals surface area contributed by atoms with Gasteiger partial charge in [0.1, 0.15) is 0 Å². The van der Waals surface area contributed by atoms with E-state index in [1.54, 1.807) is 13.1 Å². The monoisotopic (exact) mass is 282 g/mol. The predicted molar refractivity (Wildman–Crippen MR) is 83.2 cm³/mol. The van der Waals surface area contributed by atoms with E-state index < -0.39 is 0 Å². The maximum atomic E-state index is 11.4. The van der Waals surface area contributed by atoms with Gasteiger partial charge in [0, 0.05) is 20.0 Å². The number of Topliss-reactive ketones (excluding diaryl/α,β-unsaturated/α-hetero) is 1. The van der Waals surface area contributed by atoms with Crippen LogP contribution in [0.15, 0.2) is 6.20 Å². The van der Waals surface area contributed by atoms with Gasteiger partial charge in [-0.05, 0) is 24.7 Å². The first-order valence-corrected chi connectivity index (χ1v) is 7.93. The summed E-state index contributed by atoms with van der Waals surface area (Å²) in [6.07, 6.45) is 4.03. The Morgan fingerprint density at radius 3 is 2.11 bits per heavy atom. The number of ketones is 1. The highest BCUT2D eigenvalue weighted by molar-refractivity contribution is 7.17. The number of rotatable bonds is 8. The Bertz CT molecular complexity index is 387. The first-order valence-electron chi connectivity index (χ1n) is 7.11. The summed E-state index contributed by atoms with van der Waals surface area (Å²) in [6.45, 7) is 12.6. The number of thiazole rings is 1. The van der Waals surface area contributed by atoms with E-state index >= 15 is 0 Å². The van der Waals surface area contributed by atoms with Crippen molar-refractivity contribution in [3.63, 3.8) is 0 Å². The van der Waals surface area contributed by atoms with Crippen LogP contribution < -0.4 is 4.90 Å². The van der Waals surface area contributed by atoms with Crippen LogP contribution in [0.5, 0.6) is 0 Å². The van der Waals surface area contributed by atoms with E-state index in [1.807, 2.05) is 0 Å². The number of aromatic nitrogens is 1. The molecule has 1 aromatic heterocycles. The van der Waals surface area contributed by atoms with Crippen LogP contribution in [-0.4, -0.2) is 23.9 Å². The molecule has 0 N–H and O–H groups in total. The van der Waals surface area contributed by atoms with Crippen molar-refractivity contribution < 1.29 is 4.79 Å². The van der Waals surface area contributed by atoms with Gasteiger partial charge in [-0.3, -0.25) is 4.79 Å². The van der Waals surface area contributed by atoms with Crippen molar-refractivity contribution in [2.45, 2.75) is 47.5 Å². The van der Waals surface area contributed by atoms with E-state index in [1.165, 1.54) is 11.3 Å². The molecular weight excluding hydrogens is 256 g/mol. The van der Waals surface area contributed by atoms with Crippen LogP contribution in [0.1, 0.15) is 57.1 Å². The largest absolute Gasteiger partial charge is 0.348 e. The molecule has 0 fully saturated rings. The van der Waals surface area contributed by atoms with E-state index in [9.17, 15) is 4.79 Å². The minimum Gasteiger partial charge on any atom is -0.348 e. The molecule has 0 spiro atoms. The highest BCUT2D eigenvalue weighted by atomic mass is 32.1. The molecule has 108 valence electrons. The average molecular weight is 282 g/mol. The lowest BCUT2D eigenvalue weighted by Gasteiger charge is -2.23. The molecule has 0 radical (unpaired) electrons. The van der Waals surface area contributed by atoms with Crippen molar-refractivity contribution in [3.05, 3.63) is 11.1 Å². The second-order valence-electron chi connectivity index (χ2n) is 5.92. The van der Waals surface area contributed by atoms with Gasteiger partial charge in [-0.15, -0.1) is 0 Å². The third-order valence-electron chi connectivity index (χ3n) is 3.06. The van der Waals surface area contributed by atoms with Crippen LogP contribution in [0.4, 0.5) is 5.13 Å². The Morgan fingerprint density at radius 2 is 1.74 bits per heavy atom. The zero-order valence-electron chi connectivity index (χ0n) is 12.8. The standard InChI is InChI=1S/C15H26N2OS/c1-11(2)6-8-17(9-7-12(3)4)15-16-10-14(19-15)13(5)18/h10-12H,6-9H2,1-5H3. The topological polar surface area (TPSA) is 33.2 Å². The molecule has 0 aliphatic rings. The Labute approximate surface area is 121 Å². The SMILES string of the molecule is CC(=O)c1cnc(N(CCC(C)C)CCC(C)C)s1. The maximum Gasteiger partial charge on any atom is 0.185 e. The summed E-state index contributed by atoms with van der Waals surface area (Å²) < 4.78 is 0. The van der Waals surface area contributed by atoms with Crippen LogP contribution in [0.25, 0.3) is 0 Å². The molecule has 0 saturated carbocycles. The summed E-state index contributed by atoms with van der Waals surface area (Å²) in [7, 11) is 0. The number of hydrogen-bond acceptors (Lipinski definition) is 4. The van der Waals surface area contributed by atoms with Crippen molar-refractivity contribution in [1.82, 2.24) is 4.98 Å². The predicted octanol–water partition coefficient (Wildman–Crippen LogP) is 4.24. The Balaban J connectivity index is 2.72. The van der Waals surface area contributed by atoms with Gasteiger partial charge in [0.05, 0.1) is 11.1 Å². The van der Waals surface area contributed by atoms with Crippen LogP contribution in [-0.2, 0) is 0 Å². The third kappa shape index (κ3) is 5.72. The lowest BCUT2D eigenvalue weighted by atomic mass is 10.1. The van der Waals surface area contributed by atoms with Gasteiger partial charge in [0.15, 0.2) is 10.9 Å². The molecule has 0 unspecified atom stereocenters. The van der Waals surface area contributed by atoms with E-state index in [0.29, 0.717) is 11.8 Å². The first kappa shape index (κ1) is 16.2. The molecule has 3 nitrogen and oxygen atoms in total. The maximum absolute atomic E-state index is 11.4. The summed E-state index contributed by atoms with van der Waals surface area (Å²) in [4.78, 5) is 18.9. The molecule has 0 saturated heterocycles. The van der Waals surface area contributed by atoms with Gasteiger partial charge in [0.25, 0.3) is 0 Å². The molecule has 1 aromatic rings. The molecule has 0 aromatic carbocycles. The lowest BCUT2D eigenvalue weighted by molar-refractivity contribution is 0.102. The van der Waals surface area contributed by atoms with E-state index in [2.05, 4.69) is 37.6 Å². The van der Waals surface area contributed by atoms with Crippen LogP contribution in [0.3, 0.4) is 0 Å². The molecule has 0 atom stereocenters. The minimum atomic E-state index is 0.108. The Kier molecular flexibility index (Phi) is 6.49. The second-order valence-corrected chi connectivity index (χ2v) is 6.92. The van der Waals surface area contributed by atoms with Crippen molar-refractivity contribution >= 4 is 22.3 Å². The number of carbonyl (C=O) groups is 1. The number of hydrogen-bond donors (Lipinski definition) is 0. The summed E-state index contributed by atoms with van der Waals surface area (Å²) in [6, 6.07) is 0. The molecule has 19 heavy (non-hydrogen) atoms. The van der Waals surface area contributed by atoms with Gasteiger partial charge >= 0.3 is 0 Å². The highest BCUT2D eigenvalue weighted by Gasteiger charge is 2.14. The fraction of sp³-hybridized carbons (Fsp3) is 0.733. The normalized spacial score (nSPS) is 11.3. The molecular formula is C15H26N2OS. The zero-order valence-corrected chi connectivity index (χ0v) is 13.6.